The highest BCUT2D eigenvalue weighted by Crippen LogP contribution is 2.25. The summed E-state index contributed by atoms with van der Waals surface area (Å²) in [4.78, 5) is 2.11. The van der Waals surface area contributed by atoms with Crippen LogP contribution in [0.1, 0.15) is 37.1 Å². The summed E-state index contributed by atoms with van der Waals surface area (Å²) in [7, 11) is 4.10. The lowest BCUT2D eigenvalue weighted by Crippen LogP contribution is -2.22. The molecule has 0 aliphatic rings. The minimum Gasteiger partial charge on any atom is -0.378 e. The molecule has 0 radical (unpaired) electrons. The van der Waals surface area contributed by atoms with E-state index in [0.29, 0.717) is 0 Å². The molecular formula is C18H23ClN2. The highest BCUT2D eigenvalue weighted by molar-refractivity contribution is 6.31. The average molecular weight is 303 g/mol. The minimum absolute atomic E-state index is 0.210. The molecule has 0 aromatic heterocycles. The zero-order chi connectivity index (χ0) is 15.4. The van der Waals surface area contributed by atoms with Crippen molar-refractivity contribution in [3.8, 4) is 0 Å². The Labute approximate surface area is 132 Å². The summed E-state index contributed by atoms with van der Waals surface area (Å²) in [6, 6.07) is 17.1. The third-order valence-corrected chi connectivity index (χ3v) is 4.13. The van der Waals surface area contributed by atoms with E-state index in [2.05, 4.69) is 68.5 Å². The Morgan fingerprint density at radius 3 is 2.10 bits per heavy atom. The predicted molar refractivity (Wildman–Crippen MR) is 92.2 cm³/mol. The van der Waals surface area contributed by atoms with Crippen LogP contribution in [0.4, 0.5) is 5.69 Å². The number of benzene rings is 2. The van der Waals surface area contributed by atoms with Crippen LogP contribution in [0.15, 0.2) is 48.5 Å². The second-order valence-corrected chi connectivity index (χ2v) is 6.02. The molecule has 0 aliphatic carbocycles. The normalized spacial score (nSPS) is 13.8. The Balaban J connectivity index is 2.07. The van der Waals surface area contributed by atoms with Crippen molar-refractivity contribution in [1.29, 1.82) is 0 Å². The maximum absolute atomic E-state index is 6.26. The summed E-state index contributed by atoms with van der Waals surface area (Å²) in [6.07, 6.45) is 0. The molecule has 2 rings (SSSR count). The third kappa shape index (κ3) is 3.99. The molecule has 3 heteroatoms. The van der Waals surface area contributed by atoms with E-state index in [1.165, 1.54) is 11.3 Å². The summed E-state index contributed by atoms with van der Waals surface area (Å²) in [6.45, 7) is 4.32. The molecule has 0 amide bonds. The van der Waals surface area contributed by atoms with Crippen LogP contribution in [0.3, 0.4) is 0 Å². The van der Waals surface area contributed by atoms with Gasteiger partial charge in [0.25, 0.3) is 0 Å². The lowest BCUT2D eigenvalue weighted by molar-refractivity contribution is 0.495. The van der Waals surface area contributed by atoms with Crippen LogP contribution in [-0.4, -0.2) is 14.1 Å². The van der Waals surface area contributed by atoms with E-state index in [-0.39, 0.29) is 12.1 Å². The Morgan fingerprint density at radius 1 is 0.905 bits per heavy atom. The van der Waals surface area contributed by atoms with Crippen molar-refractivity contribution in [2.45, 2.75) is 25.9 Å². The van der Waals surface area contributed by atoms with Crippen molar-refractivity contribution in [1.82, 2.24) is 5.32 Å². The summed E-state index contributed by atoms with van der Waals surface area (Å²) >= 11 is 6.26. The predicted octanol–water partition coefficient (Wildman–Crippen LogP) is 4.82. The van der Waals surface area contributed by atoms with Crippen LogP contribution in [0, 0.1) is 0 Å². The molecule has 2 atom stereocenters. The van der Waals surface area contributed by atoms with Gasteiger partial charge in [0.05, 0.1) is 0 Å². The van der Waals surface area contributed by atoms with E-state index >= 15 is 0 Å². The molecule has 1 N–H and O–H groups in total. The van der Waals surface area contributed by atoms with Gasteiger partial charge in [-0.15, -0.1) is 0 Å². The molecule has 2 aromatic carbocycles. The first-order chi connectivity index (χ1) is 9.99. The Morgan fingerprint density at radius 2 is 1.52 bits per heavy atom. The van der Waals surface area contributed by atoms with Gasteiger partial charge in [-0.1, -0.05) is 41.9 Å². The average Bonchev–Trinajstić information content (AvgIpc) is 2.47. The van der Waals surface area contributed by atoms with Crippen molar-refractivity contribution >= 4 is 17.3 Å². The van der Waals surface area contributed by atoms with Crippen molar-refractivity contribution in [3.63, 3.8) is 0 Å². The maximum Gasteiger partial charge on any atom is 0.0453 e. The van der Waals surface area contributed by atoms with Gasteiger partial charge in [0.15, 0.2) is 0 Å². The molecule has 0 saturated carbocycles. The fourth-order valence-corrected chi connectivity index (χ4v) is 2.75. The molecule has 112 valence electrons. The highest BCUT2D eigenvalue weighted by atomic mass is 35.5. The number of nitrogens with zero attached hydrogens (tertiary/aromatic N) is 1. The van der Waals surface area contributed by atoms with Crippen molar-refractivity contribution < 1.29 is 0 Å². The van der Waals surface area contributed by atoms with Crippen LogP contribution < -0.4 is 10.2 Å². The van der Waals surface area contributed by atoms with Crippen LogP contribution in [0.25, 0.3) is 0 Å². The lowest BCUT2D eigenvalue weighted by Gasteiger charge is -2.22. The number of hydrogen-bond donors (Lipinski definition) is 1. The molecule has 0 unspecified atom stereocenters. The summed E-state index contributed by atoms with van der Waals surface area (Å²) in [5.74, 6) is 0. The van der Waals surface area contributed by atoms with Crippen LogP contribution in [0.2, 0.25) is 5.02 Å². The van der Waals surface area contributed by atoms with E-state index in [1.807, 2.05) is 18.2 Å². The van der Waals surface area contributed by atoms with E-state index in [4.69, 9.17) is 11.6 Å². The first-order valence-electron chi connectivity index (χ1n) is 7.27. The van der Waals surface area contributed by atoms with Crippen molar-refractivity contribution in [2.75, 3.05) is 19.0 Å². The third-order valence-electron chi connectivity index (χ3n) is 3.78. The number of nitrogens with one attached hydrogen (secondary N) is 1. The second kappa shape index (κ2) is 6.97. The summed E-state index contributed by atoms with van der Waals surface area (Å²) in [5.41, 5.74) is 3.63. The van der Waals surface area contributed by atoms with Gasteiger partial charge in [-0.3, -0.25) is 0 Å². The summed E-state index contributed by atoms with van der Waals surface area (Å²) < 4.78 is 0. The largest absolute Gasteiger partial charge is 0.378 e. The first kappa shape index (κ1) is 15.9. The van der Waals surface area contributed by atoms with Gasteiger partial charge in [0.1, 0.15) is 0 Å². The Kier molecular flexibility index (Phi) is 5.27. The molecular weight excluding hydrogens is 280 g/mol. The van der Waals surface area contributed by atoms with Gasteiger partial charge in [0, 0.05) is 36.9 Å². The fraction of sp³-hybridized carbons (Fsp3) is 0.333. The maximum atomic E-state index is 6.26. The highest BCUT2D eigenvalue weighted by Gasteiger charge is 2.13. The lowest BCUT2D eigenvalue weighted by atomic mass is 10.0. The van der Waals surface area contributed by atoms with Gasteiger partial charge < -0.3 is 10.2 Å². The number of hydrogen-bond acceptors (Lipinski definition) is 2. The quantitative estimate of drug-likeness (QED) is 0.852. The minimum atomic E-state index is 0.210. The topological polar surface area (TPSA) is 15.3 Å². The standard InChI is InChI=1S/C18H23ClN2/c1-13(15-9-11-16(12-10-15)21(3)4)20-14(2)17-7-5-6-8-18(17)19/h5-14,20H,1-4H3/t13-,14+/m1/s1. The molecule has 2 nitrogen and oxygen atoms in total. The fourth-order valence-electron chi connectivity index (χ4n) is 2.45. The van der Waals surface area contributed by atoms with E-state index in [1.54, 1.807) is 0 Å². The number of halogens is 1. The smallest absolute Gasteiger partial charge is 0.0453 e. The van der Waals surface area contributed by atoms with Crippen molar-refractivity contribution in [3.05, 3.63) is 64.7 Å². The molecule has 0 saturated heterocycles. The van der Waals surface area contributed by atoms with Gasteiger partial charge in [-0.25, -0.2) is 0 Å². The Hall–Kier alpha value is -1.51. The van der Waals surface area contributed by atoms with E-state index < -0.39 is 0 Å². The van der Waals surface area contributed by atoms with E-state index in [0.717, 1.165) is 10.6 Å². The SMILES string of the molecule is C[C@H](N[C@H](C)c1ccc(N(C)C)cc1)c1ccccc1Cl. The van der Waals surface area contributed by atoms with E-state index in [9.17, 15) is 0 Å². The molecule has 2 aromatic rings. The number of rotatable bonds is 5. The van der Waals surface area contributed by atoms with Gasteiger partial charge in [-0.05, 0) is 43.2 Å². The molecule has 0 bridgehead atoms. The zero-order valence-electron chi connectivity index (χ0n) is 13.1. The molecule has 0 spiro atoms. The zero-order valence-corrected chi connectivity index (χ0v) is 13.9. The van der Waals surface area contributed by atoms with Gasteiger partial charge in [0.2, 0.25) is 0 Å². The Bertz CT molecular complexity index is 578. The molecule has 21 heavy (non-hydrogen) atoms. The van der Waals surface area contributed by atoms with Crippen LogP contribution in [-0.2, 0) is 0 Å². The summed E-state index contributed by atoms with van der Waals surface area (Å²) in [5, 5.41) is 4.42. The number of anilines is 1. The molecule has 0 aliphatic heterocycles. The van der Waals surface area contributed by atoms with Gasteiger partial charge >= 0.3 is 0 Å². The monoisotopic (exact) mass is 302 g/mol. The molecule has 0 heterocycles. The molecule has 0 fully saturated rings. The van der Waals surface area contributed by atoms with Gasteiger partial charge in [-0.2, -0.15) is 0 Å². The van der Waals surface area contributed by atoms with Crippen LogP contribution in [0.5, 0.6) is 0 Å². The first-order valence-corrected chi connectivity index (χ1v) is 7.64. The van der Waals surface area contributed by atoms with Crippen molar-refractivity contribution in [2.24, 2.45) is 0 Å². The second-order valence-electron chi connectivity index (χ2n) is 5.62. The van der Waals surface area contributed by atoms with Crippen LogP contribution >= 0.6 is 11.6 Å².